The molecule has 21 heavy (non-hydrogen) atoms. The summed E-state index contributed by atoms with van der Waals surface area (Å²) >= 11 is 9.46. The lowest BCUT2D eigenvalue weighted by Gasteiger charge is -2.15. The minimum Gasteiger partial charge on any atom is -0.399 e. The number of carbonyl (C=O) groups is 1. The standard InChI is InChI=1S/C16H16BrClN2O/c1-10(6-11-4-2-3-5-15(11)18)20-16(21)12-7-13(17)9-14(19)8-12/h2-5,7-10H,6,19H2,1H3,(H,20,21). The molecule has 110 valence electrons. The predicted molar refractivity (Wildman–Crippen MR) is 90.6 cm³/mol. The Kier molecular flexibility index (Phi) is 5.26. The smallest absolute Gasteiger partial charge is 0.251 e. The molecule has 0 saturated heterocycles. The Morgan fingerprint density at radius 3 is 2.71 bits per heavy atom. The summed E-state index contributed by atoms with van der Waals surface area (Å²) in [5, 5.41) is 3.67. The average molecular weight is 368 g/mol. The van der Waals surface area contributed by atoms with Crippen LogP contribution in [0.15, 0.2) is 46.9 Å². The van der Waals surface area contributed by atoms with Crippen LogP contribution >= 0.6 is 27.5 Å². The number of rotatable bonds is 4. The second-order valence-electron chi connectivity index (χ2n) is 4.94. The molecule has 0 spiro atoms. The molecule has 5 heteroatoms. The van der Waals surface area contributed by atoms with Crippen molar-refractivity contribution in [2.75, 3.05) is 5.73 Å². The van der Waals surface area contributed by atoms with Crippen LogP contribution in [0.2, 0.25) is 5.02 Å². The largest absolute Gasteiger partial charge is 0.399 e. The van der Waals surface area contributed by atoms with Gasteiger partial charge in [0.25, 0.3) is 5.91 Å². The summed E-state index contributed by atoms with van der Waals surface area (Å²) in [4.78, 5) is 12.2. The summed E-state index contributed by atoms with van der Waals surface area (Å²) in [7, 11) is 0. The zero-order chi connectivity index (χ0) is 15.4. The van der Waals surface area contributed by atoms with E-state index in [0.717, 1.165) is 10.0 Å². The molecule has 1 amide bonds. The second kappa shape index (κ2) is 6.96. The van der Waals surface area contributed by atoms with E-state index in [1.54, 1.807) is 18.2 Å². The number of benzene rings is 2. The molecule has 0 radical (unpaired) electrons. The number of carbonyl (C=O) groups excluding carboxylic acids is 1. The molecule has 0 saturated carbocycles. The van der Waals surface area contributed by atoms with Crippen molar-refractivity contribution in [1.82, 2.24) is 5.32 Å². The Morgan fingerprint density at radius 1 is 1.33 bits per heavy atom. The van der Waals surface area contributed by atoms with Crippen molar-refractivity contribution >= 4 is 39.1 Å². The van der Waals surface area contributed by atoms with Gasteiger partial charge in [0.1, 0.15) is 0 Å². The number of nitrogens with two attached hydrogens (primary N) is 1. The number of nitrogen functional groups attached to an aromatic ring is 1. The third-order valence-corrected chi connectivity index (χ3v) is 3.87. The quantitative estimate of drug-likeness (QED) is 0.801. The number of nitrogens with one attached hydrogen (secondary N) is 1. The first-order valence-corrected chi connectivity index (χ1v) is 7.73. The van der Waals surface area contributed by atoms with Crippen LogP contribution in [-0.4, -0.2) is 11.9 Å². The van der Waals surface area contributed by atoms with Crippen LogP contribution in [0.4, 0.5) is 5.69 Å². The van der Waals surface area contributed by atoms with Gasteiger partial charge >= 0.3 is 0 Å². The summed E-state index contributed by atoms with van der Waals surface area (Å²) < 4.78 is 0.784. The molecule has 2 aromatic rings. The van der Waals surface area contributed by atoms with Gasteiger partial charge in [0.2, 0.25) is 0 Å². The summed E-state index contributed by atoms with van der Waals surface area (Å²) in [6.07, 6.45) is 0.675. The average Bonchev–Trinajstić information content (AvgIpc) is 2.40. The summed E-state index contributed by atoms with van der Waals surface area (Å²) in [6, 6.07) is 12.8. The van der Waals surface area contributed by atoms with E-state index in [-0.39, 0.29) is 11.9 Å². The lowest BCUT2D eigenvalue weighted by molar-refractivity contribution is 0.0940. The van der Waals surface area contributed by atoms with Crippen LogP contribution in [0.25, 0.3) is 0 Å². The fourth-order valence-corrected chi connectivity index (χ4v) is 2.82. The van der Waals surface area contributed by atoms with Gasteiger partial charge in [-0.15, -0.1) is 0 Å². The van der Waals surface area contributed by atoms with Crippen LogP contribution < -0.4 is 11.1 Å². The molecule has 1 unspecified atom stereocenters. The lowest BCUT2D eigenvalue weighted by atomic mass is 10.1. The zero-order valence-electron chi connectivity index (χ0n) is 11.6. The van der Waals surface area contributed by atoms with E-state index in [2.05, 4.69) is 21.2 Å². The first-order chi connectivity index (χ1) is 9.95. The Bertz CT molecular complexity index is 640. The molecule has 3 nitrogen and oxygen atoms in total. The molecule has 1 atom stereocenters. The van der Waals surface area contributed by atoms with E-state index >= 15 is 0 Å². The zero-order valence-corrected chi connectivity index (χ0v) is 13.9. The highest BCUT2D eigenvalue weighted by molar-refractivity contribution is 9.10. The summed E-state index contributed by atoms with van der Waals surface area (Å²) in [5.41, 5.74) is 7.84. The van der Waals surface area contributed by atoms with E-state index in [1.165, 1.54) is 0 Å². The van der Waals surface area contributed by atoms with Crippen molar-refractivity contribution in [2.45, 2.75) is 19.4 Å². The maximum atomic E-state index is 12.2. The Hall–Kier alpha value is -1.52. The minimum absolute atomic E-state index is 0.0300. The molecule has 0 heterocycles. The van der Waals surface area contributed by atoms with Crippen LogP contribution in [0, 0.1) is 0 Å². The summed E-state index contributed by atoms with van der Waals surface area (Å²) in [6.45, 7) is 1.95. The van der Waals surface area contributed by atoms with Crippen molar-refractivity contribution < 1.29 is 4.79 Å². The summed E-state index contributed by atoms with van der Waals surface area (Å²) in [5.74, 6) is -0.150. The van der Waals surface area contributed by atoms with Crippen LogP contribution in [0.3, 0.4) is 0 Å². The van der Waals surface area contributed by atoms with E-state index in [0.29, 0.717) is 22.7 Å². The van der Waals surface area contributed by atoms with Crippen LogP contribution in [-0.2, 0) is 6.42 Å². The van der Waals surface area contributed by atoms with Gasteiger partial charge in [0.15, 0.2) is 0 Å². The van der Waals surface area contributed by atoms with Gasteiger partial charge in [-0.25, -0.2) is 0 Å². The first-order valence-electron chi connectivity index (χ1n) is 6.56. The van der Waals surface area contributed by atoms with Gasteiger partial charge in [0.05, 0.1) is 0 Å². The molecular formula is C16H16BrClN2O. The fraction of sp³-hybridized carbons (Fsp3) is 0.188. The molecule has 0 aromatic heterocycles. The fourth-order valence-electron chi connectivity index (χ4n) is 2.10. The Balaban J connectivity index is 2.04. The second-order valence-corrected chi connectivity index (χ2v) is 6.27. The lowest BCUT2D eigenvalue weighted by Crippen LogP contribution is -2.34. The number of hydrogen-bond acceptors (Lipinski definition) is 2. The van der Waals surface area contributed by atoms with Gasteiger partial charge in [-0.1, -0.05) is 45.7 Å². The van der Waals surface area contributed by atoms with Gasteiger partial charge in [0, 0.05) is 26.8 Å². The van der Waals surface area contributed by atoms with Crippen LogP contribution in [0.5, 0.6) is 0 Å². The topological polar surface area (TPSA) is 55.1 Å². The van der Waals surface area contributed by atoms with E-state index in [9.17, 15) is 4.79 Å². The minimum atomic E-state index is -0.150. The number of amides is 1. The highest BCUT2D eigenvalue weighted by Gasteiger charge is 2.12. The van der Waals surface area contributed by atoms with Crippen molar-refractivity contribution in [3.05, 3.63) is 63.1 Å². The van der Waals surface area contributed by atoms with Gasteiger partial charge in [-0.3, -0.25) is 4.79 Å². The van der Waals surface area contributed by atoms with Crippen molar-refractivity contribution in [3.8, 4) is 0 Å². The maximum absolute atomic E-state index is 12.2. The molecule has 3 N–H and O–H groups in total. The molecule has 0 bridgehead atoms. The molecule has 0 aliphatic rings. The maximum Gasteiger partial charge on any atom is 0.251 e. The van der Waals surface area contributed by atoms with E-state index < -0.39 is 0 Å². The van der Waals surface area contributed by atoms with Crippen molar-refractivity contribution in [2.24, 2.45) is 0 Å². The third-order valence-electron chi connectivity index (χ3n) is 3.04. The molecule has 2 rings (SSSR count). The highest BCUT2D eigenvalue weighted by Crippen LogP contribution is 2.19. The molecule has 2 aromatic carbocycles. The van der Waals surface area contributed by atoms with Gasteiger partial charge in [-0.2, -0.15) is 0 Å². The molecular weight excluding hydrogens is 352 g/mol. The normalized spacial score (nSPS) is 12.0. The molecule has 0 fully saturated rings. The molecule has 0 aliphatic heterocycles. The highest BCUT2D eigenvalue weighted by atomic mass is 79.9. The third kappa shape index (κ3) is 4.48. The monoisotopic (exact) mass is 366 g/mol. The SMILES string of the molecule is CC(Cc1ccccc1Cl)NC(=O)c1cc(N)cc(Br)c1. The number of halogens is 2. The first kappa shape index (κ1) is 15.9. The van der Waals surface area contributed by atoms with Crippen molar-refractivity contribution in [1.29, 1.82) is 0 Å². The van der Waals surface area contributed by atoms with Gasteiger partial charge < -0.3 is 11.1 Å². The molecule has 0 aliphatic carbocycles. The van der Waals surface area contributed by atoms with E-state index in [4.69, 9.17) is 17.3 Å². The van der Waals surface area contributed by atoms with Gasteiger partial charge in [-0.05, 0) is 43.2 Å². The number of hydrogen-bond donors (Lipinski definition) is 2. The Morgan fingerprint density at radius 2 is 2.05 bits per heavy atom. The Labute approximate surface area is 137 Å². The number of anilines is 1. The predicted octanol–water partition coefficient (Wildman–Crippen LogP) is 4.05. The van der Waals surface area contributed by atoms with Crippen molar-refractivity contribution in [3.63, 3.8) is 0 Å². The van der Waals surface area contributed by atoms with E-state index in [1.807, 2.05) is 31.2 Å². The van der Waals surface area contributed by atoms with Crippen LogP contribution in [0.1, 0.15) is 22.8 Å².